The summed E-state index contributed by atoms with van der Waals surface area (Å²) in [4.78, 5) is 30.7. The standard InChI is InChI=1S/C20H16Cl2N8O2/c21-11-1-3-13(15(22)9-11)17-14(19-24-7-8-25-19)10-27-20(29-17)26-6-5-12-2-4-16(30(31)32)18(23)28-12/h1-4,7-10H,5-6H2,(H2,23,28)(H,24,25)(H,26,27,29). The second-order valence-electron chi connectivity index (χ2n) is 6.66. The van der Waals surface area contributed by atoms with Crippen molar-refractivity contribution in [2.24, 2.45) is 0 Å². The summed E-state index contributed by atoms with van der Waals surface area (Å²) < 4.78 is 0. The van der Waals surface area contributed by atoms with Crippen molar-refractivity contribution >= 4 is 40.7 Å². The van der Waals surface area contributed by atoms with Crippen molar-refractivity contribution in [3.63, 3.8) is 0 Å². The molecule has 4 N–H and O–H groups in total. The van der Waals surface area contributed by atoms with Gasteiger partial charge in [0, 0.05) is 53.9 Å². The van der Waals surface area contributed by atoms with Crippen molar-refractivity contribution in [3.05, 3.63) is 74.8 Å². The molecule has 0 bridgehead atoms. The number of anilines is 2. The van der Waals surface area contributed by atoms with Gasteiger partial charge in [0.2, 0.25) is 11.8 Å². The van der Waals surface area contributed by atoms with Crippen molar-refractivity contribution in [1.82, 2.24) is 24.9 Å². The van der Waals surface area contributed by atoms with Crippen LogP contribution in [0.2, 0.25) is 10.0 Å². The lowest BCUT2D eigenvalue weighted by molar-refractivity contribution is -0.384. The summed E-state index contributed by atoms with van der Waals surface area (Å²) in [6, 6.07) is 8.06. The number of benzene rings is 1. The van der Waals surface area contributed by atoms with Gasteiger partial charge < -0.3 is 16.0 Å². The lowest BCUT2D eigenvalue weighted by atomic mass is 10.1. The third-order valence-electron chi connectivity index (χ3n) is 4.55. The molecule has 4 aromatic rings. The molecule has 1 aromatic carbocycles. The Morgan fingerprint density at radius 2 is 1.97 bits per heavy atom. The van der Waals surface area contributed by atoms with Crippen LogP contribution in [0.4, 0.5) is 17.5 Å². The molecule has 10 nitrogen and oxygen atoms in total. The lowest BCUT2D eigenvalue weighted by Gasteiger charge is -2.12. The first-order chi connectivity index (χ1) is 15.4. The van der Waals surface area contributed by atoms with Crippen molar-refractivity contribution < 1.29 is 4.92 Å². The third-order valence-corrected chi connectivity index (χ3v) is 5.10. The highest BCUT2D eigenvalue weighted by atomic mass is 35.5. The largest absolute Gasteiger partial charge is 0.378 e. The summed E-state index contributed by atoms with van der Waals surface area (Å²) in [7, 11) is 0. The van der Waals surface area contributed by atoms with E-state index in [0.29, 0.717) is 57.3 Å². The zero-order valence-electron chi connectivity index (χ0n) is 16.4. The Kier molecular flexibility index (Phi) is 6.15. The molecule has 0 amide bonds. The first-order valence-electron chi connectivity index (χ1n) is 9.38. The highest BCUT2D eigenvalue weighted by molar-refractivity contribution is 6.36. The molecule has 0 aliphatic carbocycles. The van der Waals surface area contributed by atoms with Crippen molar-refractivity contribution in [2.45, 2.75) is 6.42 Å². The van der Waals surface area contributed by atoms with Crippen LogP contribution in [0.3, 0.4) is 0 Å². The van der Waals surface area contributed by atoms with Crippen LogP contribution in [0.15, 0.2) is 48.9 Å². The maximum Gasteiger partial charge on any atom is 0.311 e. The predicted molar refractivity (Wildman–Crippen MR) is 123 cm³/mol. The van der Waals surface area contributed by atoms with E-state index in [4.69, 9.17) is 28.9 Å². The molecule has 3 aromatic heterocycles. The number of halogens is 2. The normalized spacial score (nSPS) is 10.8. The van der Waals surface area contributed by atoms with E-state index in [2.05, 4.69) is 30.2 Å². The number of nitrogens with zero attached hydrogens (tertiary/aromatic N) is 5. The van der Waals surface area contributed by atoms with Gasteiger partial charge in [0.25, 0.3) is 0 Å². The van der Waals surface area contributed by atoms with Gasteiger partial charge in [-0.1, -0.05) is 23.2 Å². The fourth-order valence-electron chi connectivity index (χ4n) is 3.05. The van der Waals surface area contributed by atoms with E-state index in [0.717, 1.165) is 0 Å². The second kappa shape index (κ2) is 9.16. The monoisotopic (exact) mass is 470 g/mol. The minimum absolute atomic E-state index is 0.119. The molecule has 162 valence electrons. The number of imidazole rings is 1. The number of H-pyrrole nitrogens is 1. The van der Waals surface area contributed by atoms with Gasteiger partial charge in [-0.25, -0.2) is 19.9 Å². The molecule has 0 spiro atoms. The van der Waals surface area contributed by atoms with Crippen LogP contribution < -0.4 is 11.1 Å². The van der Waals surface area contributed by atoms with Crippen LogP contribution in [0, 0.1) is 10.1 Å². The molecule has 0 aliphatic heterocycles. The number of aromatic amines is 1. The molecular weight excluding hydrogens is 455 g/mol. The smallest absolute Gasteiger partial charge is 0.311 e. The van der Waals surface area contributed by atoms with Gasteiger partial charge in [-0.3, -0.25) is 10.1 Å². The first kappa shape index (κ1) is 21.5. The number of aromatic nitrogens is 5. The van der Waals surface area contributed by atoms with Gasteiger partial charge in [0.05, 0.1) is 21.2 Å². The van der Waals surface area contributed by atoms with Crippen molar-refractivity contribution in [3.8, 4) is 22.6 Å². The number of pyridine rings is 1. The van der Waals surface area contributed by atoms with E-state index < -0.39 is 4.92 Å². The Labute approximate surface area is 192 Å². The average Bonchev–Trinajstić information content (AvgIpc) is 3.28. The molecule has 3 heterocycles. The zero-order valence-corrected chi connectivity index (χ0v) is 17.9. The van der Waals surface area contributed by atoms with Gasteiger partial charge in [-0.2, -0.15) is 0 Å². The molecule has 0 unspecified atom stereocenters. The molecule has 0 saturated heterocycles. The molecule has 0 aliphatic rings. The van der Waals surface area contributed by atoms with E-state index >= 15 is 0 Å². The van der Waals surface area contributed by atoms with Crippen molar-refractivity contribution in [2.75, 3.05) is 17.6 Å². The van der Waals surface area contributed by atoms with E-state index in [-0.39, 0.29) is 11.5 Å². The Hall–Kier alpha value is -3.76. The first-order valence-corrected chi connectivity index (χ1v) is 10.1. The minimum Gasteiger partial charge on any atom is -0.378 e. The van der Waals surface area contributed by atoms with Gasteiger partial charge in [0.15, 0.2) is 0 Å². The number of hydrogen-bond donors (Lipinski definition) is 3. The van der Waals surface area contributed by atoms with Crippen LogP contribution in [0.1, 0.15) is 5.69 Å². The average molecular weight is 471 g/mol. The zero-order chi connectivity index (χ0) is 22.7. The number of nitro groups is 1. The topological polar surface area (TPSA) is 149 Å². The Morgan fingerprint density at radius 3 is 2.66 bits per heavy atom. The summed E-state index contributed by atoms with van der Waals surface area (Å²) in [5.74, 6) is 0.852. The van der Waals surface area contributed by atoms with Crippen LogP contribution in [0.25, 0.3) is 22.6 Å². The molecule has 0 atom stereocenters. The van der Waals surface area contributed by atoms with Crippen LogP contribution >= 0.6 is 23.2 Å². The molecule has 4 rings (SSSR count). The second-order valence-corrected chi connectivity index (χ2v) is 7.50. The summed E-state index contributed by atoms with van der Waals surface area (Å²) in [5.41, 5.74) is 7.97. The molecule has 12 heteroatoms. The molecular formula is C20H16Cl2N8O2. The van der Waals surface area contributed by atoms with E-state index in [1.165, 1.54) is 6.07 Å². The van der Waals surface area contributed by atoms with Gasteiger partial charge in [0.1, 0.15) is 5.82 Å². The maximum absolute atomic E-state index is 10.9. The van der Waals surface area contributed by atoms with Gasteiger partial charge >= 0.3 is 5.69 Å². The molecule has 0 saturated carbocycles. The van der Waals surface area contributed by atoms with E-state index in [9.17, 15) is 10.1 Å². The summed E-state index contributed by atoms with van der Waals surface area (Å²) in [5, 5.41) is 15.0. The maximum atomic E-state index is 10.9. The molecule has 32 heavy (non-hydrogen) atoms. The number of nitrogen functional groups attached to an aromatic ring is 1. The highest BCUT2D eigenvalue weighted by Gasteiger charge is 2.17. The van der Waals surface area contributed by atoms with E-state index in [1.54, 1.807) is 42.9 Å². The van der Waals surface area contributed by atoms with Crippen molar-refractivity contribution in [1.29, 1.82) is 0 Å². The molecule has 0 radical (unpaired) electrons. The quantitative estimate of drug-likeness (QED) is 0.266. The summed E-state index contributed by atoms with van der Waals surface area (Å²) >= 11 is 12.5. The number of rotatable bonds is 7. The third kappa shape index (κ3) is 4.61. The van der Waals surface area contributed by atoms with E-state index in [1.807, 2.05) is 0 Å². The number of nitrogens with one attached hydrogen (secondary N) is 2. The van der Waals surface area contributed by atoms with Crippen LogP contribution in [0.5, 0.6) is 0 Å². The minimum atomic E-state index is -0.567. The summed E-state index contributed by atoms with van der Waals surface area (Å²) in [6.07, 6.45) is 5.45. The van der Waals surface area contributed by atoms with Gasteiger partial charge in [-0.15, -0.1) is 0 Å². The Balaban J connectivity index is 1.57. The number of hydrogen-bond acceptors (Lipinski definition) is 8. The molecule has 0 fully saturated rings. The Bertz CT molecular complexity index is 1280. The fraction of sp³-hybridized carbons (Fsp3) is 0.100. The highest BCUT2D eigenvalue weighted by Crippen LogP contribution is 2.35. The lowest BCUT2D eigenvalue weighted by Crippen LogP contribution is -2.10. The van der Waals surface area contributed by atoms with Gasteiger partial charge in [-0.05, 0) is 24.3 Å². The Morgan fingerprint density at radius 1 is 1.12 bits per heavy atom. The van der Waals surface area contributed by atoms with Crippen LogP contribution in [-0.2, 0) is 6.42 Å². The number of nitrogens with two attached hydrogens (primary N) is 1. The van der Waals surface area contributed by atoms with Crippen LogP contribution in [-0.4, -0.2) is 36.4 Å². The predicted octanol–water partition coefficient (Wildman–Crippen LogP) is 4.38. The SMILES string of the molecule is Nc1nc(CCNc2ncc(-c3ncc[nH]3)c(-c3ccc(Cl)cc3Cl)n2)ccc1[N+](=O)[O-]. The summed E-state index contributed by atoms with van der Waals surface area (Å²) in [6.45, 7) is 0.429. The fourth-order valence-corrected chi connectivity index (χ4v) is 3.54.